The van der Waals surface area contributed by atoms with Crippen molar-refractivity contribution in [2.24, 2.45) is 5.73 Å². The largest absolute Gasteiger partial charge is 0.472 e. The summed E-state index contributed by atoms with van der Waals surface area (Å²) in [5.41, 5.74) is 5.34. The Morgan fingerprint density at radius 3 is 1.73 bits per heavy atom. The van der Waals surface area contributed by atoms with Gasteiger partial charge < -0.3 is 21.1 Å². The SMILES string of the molecule is CC/C=C\C/C=C\C/C=C\C/C=C\C/C=C\C/C=C\CCCCC(=O)NC(COP(=O)(O)OCCN)C(O)CCCCCCCCCC. The van der Waals surface area contributed by atoms with E-state index in [1.165, 1.54) is 32.1 Å². The monoisotopic (exact) mass is 692 g/mol. The second kappa shape index (κ2) is 34.8. The second-order valence-corrected chi connectivity index (χ2v) is 13.5. The van der Waals surface area contributed by atoms with E-state index in [1.54, 1.807) is 0 Å². The summed E-state index contributed by atoms with van der Waals surface area (Å²) in [6.07, 6.45) is 43.5. The number of hydrogen-bond donors (Lipinski definition) is 4. The van der Waals surface area contributed by atoms with Crippen molar-refractivity contribution in [3.63, 3.8) is 0 Å². The predicted molar refractivity (Wildman–Crippen MR) is 203 cm³/mol. The average Bonchev–Trinajstić information content (AvgIpc) is 3.07. The Morgan fingerprint density at radius 2 is 1.21 bits per heavy atom. The Balaban J connectivity index is 4.29. The summed E-state index contributed by atoms with van der Waals surface area (Å²) in [5.74, 6) is -0.211. The van der Waals surface area contributed by atoms with Gasteiger partial charge in [-0.05, 0) is 64.2 Å². The van der Waals surface area contributed by atoms with Crippen LogP contribution < -0.4 is 11.1 Å². The average molecular weight is 693 g/mol. The summed E-state index contributed by atoms with van der Waals surface area (Å²) in [4.78, 5) is 22.5. The molecule has 0 aromatic heterocycles. The number of phosphoric acid groups is 1. The summed E-state index contributed by atoms with van der Waals surface area (Å²) >= 11 is 0. The number of amides is 1. The van der Waals surface area contributed by atoms with Gasteiger partial charge in [0.2, 0.25) is 5.91 Å². The summed E-state index contributed by atoms with van der Waals surface area (Å²) in [5, 5.41) is 13.6. The molecule has 276 valence electrons. The first kappa shape index (κ1) is 45.9. The Kier molecular flexibility index (Phi) is 33.3. The third kappa shape index (κ3) is 32.5. The highest BCUT2D eigenvalue weighted by molar-refractivity contribution is 7.47. The van der Waals surface area contributed by atoms with E-state index in [1.807, 2.05) is 0 Å². The van der Waals surface area contributed by atoms with Crippen LogP contribution in [0.4, 0.5) is 0 Å². The van der Waals surface area contributed by atoms with E-state index in [-0.39, 0.29) is 25.7 Å². The number of rotatable bonds is 33. The molecular weight excluding hydrogens is 623 g/mol. The van der Waals surface area contributed by atoms with Crippen LogP contribution >= 0.6 is 7.82 Å². The molecule has 9 heteroatoms. The molecule has 1 amide bonds. The molecule has 0 radical (unpaired) electrons. The molecular formula is C39H69N2O6P. The van der Waals surface area contributed by atoms with E-state index in [0.717, 1.165) is 70.6 Å². The number of aliphatic hydroxyl groups is 1. The molecule has 0 heterocycles. The molecule has 0 fully saturated rings. The molecule has 0 spiro atoms. The zero-order valence-corrected chi connectivity index (χ0v) is 31.1. The molecule has 3 unspecified atom stereocenters. The topological polar surface area (TPSA) is 131 Å². The highest BCUT2D eigenvalue weighted by atomic mass is 31.2. The summed E-state index contributed by atoms with van der Waals surface area (Å²) in [7, 11) is -4.32. The lowest BCUT2D eigenvalue weighted by molar-refractivity contribution is -0.123. The van der Waals surface area contributed by atoms with Crippen molar-refractivity contribution < 1.29 is 28.4 Å². The molecule has 0 saturated heterocycles. The first-order valence-electron chi connectivity index (χ1n) is 18.6. The van der Waals surface area contributed by atoms with Crippen LogP contribution in [0.1, 0.15) is 136 Å². The fourth-order valence-electron chi connectivity index (χ4n) is 4.78. The maximum atomic E-state index is 12.7. The Labute approximate surface area is 293 Å². The molecule has 0 aromatic rings. The minimum atomic E-state index is -4.32. The van der Waals surface area contributed by atoms with E-state index in [4.69, 9.17) is 14.8 Å². The number of allylic oxidation sites excluding steroid dienone is 12. The molecule has 3 atom stereocenters. The molecule has 0 aromatic carbocycles. The maximum absolute atomic E-state index is 12.7. The van der Waals surface area contributed by atoms with Crippen LogP contribution in [0.2, 0.25) is 0 Å². The van der Waals surface area contributed by atoms with Crippen LogP contribution in [0.3, 0.4) is 0 Å². The minimum Gasteiger partial charge on any atom is -0.391 e. The van der Waals surface area contributed by atoms with Crippen LogP contribution in [-0.4, -0.2) is 47.8 Å². The second-order valence-electron chi connectivity index (χ2n) is 12.1. The normalized spacial score (nSPS) is 15.2. The number of carbonyl (C=O) groups is 1. The number of carbonyl (C=O) groups excluding carboxylic acids is 1. The van der Waals surface area contributed by atoms with Crippen molar-refractivity contribution >= 4 is 13.7 Å². The highest BCUT2D eigenvalue weighted by Gasteiger charge is 2.27. The number of aliphatic hydroxyl groups excluding tert-OH is 1. The molecule has 0 bridgehead atoms. The van der Waals surface area contributed by atoms with E-state index < -0.39 is 20.0 Å². The number of phosphoric ester groups is 1. The van der Waals surface area contributed by atoms with Crippen molar-refractivity contribution in [1.29, 1.82) is 0 Å². The number of unbranched alkanes of at least 4 members (excludes halogenated alkanes) is 9. The molecule has 48 heavy (non-hydrogen) atoms. The van der Waals surface area contributed by atoms with Gasteiger partial charge in [0, 0.05) is 13.0 Å². The molecule has 0 aliphatic rings. The summed E-state index contributed by atoms with van der Waals surface area (Å²) in [6, 6.07) is -0.799. The van der Waals surface area contributed by atoms with E-state index in [2.05, 4.69) is 92.1 Å². The van der Waals surface area contributed by atoms with Gasteiger partial charge in [0.25, 0.3) is 0 Å². The van der Waals surface area contributed by atoms with Crippen LogP contribution in [0.25, 0.3) is 0 Å². The lowest BCUT2D eigenvalue weighted by atomic mass is 10.0. The smallest absolute Gasteiger partial charge is 0.391 e. The quantitative estimate of drug-likeness (QED) is 0.0306. The molecule has 5 N–H and O–H groups in total. The molecule has 0 aliphatic heterocycles. The third-order valence-corrected chi connectivity index (χ3v) is 8.56. The Hall–Kier alpha value is -2.06. The van der Waals surface area contributed by atoms with E-state index in [0.29, 0.717) is 19.3 Å². The predicted octanol–water partition coefficient (Wildman–Crippen LogP) is 9.71. The van der Waals surface area contributed by atoms with Crippen molar-refractivity contribution in [2.45, 2.75) is 148 Å². The van der Waals surface area contributed by atoms with Gasteiger partial charge in [0.1, 0.15) is 0 Å². The van der Waals surface area contributed by atoms with Crippen molar-refractivity contribution in [2.75, 3.05) is 19.8 Å². The van der Waals surface area contributed by atoms with Gasteiger partial charge in [-0.15, -0.1) is 0 Å². The van der Waals surface area contributed by atoms with Crippen molar-refractivity contribution in [3.05, 3.63) is 72.9 Å². The molecule has 0 saturated carbocycles. The van der Waals surface area contributed by atoms with Gasteiger partial charge in [-0.1, -0.05) is 138 Å². The zero-order valence-electron chi connectivity index (χ0n) is 30.2. The number of hydrogen-bond acceptors (Lipinski definition) is 6. The Morgan fingerprint density at radius 1 is 0.708 bits per heavy atom. The first-order valence-corrected chi connectivity index (χ1v) is 20.0. The van der Waals surface area contributed by atoms with Crippen molar-refractivity contribution in [1.82, 2.24) is 5.32 Å². The van der Waals surface area contributed by atoms with Gasteiger partial charge in [-0.3, -0.25) is 13.8 Å². The lowest BCUT2D eigenvalue weighted by Gasteiger charge is -2.25. The molecule has 8 nitrogen and oxygen atoms in total. The highest BCUT2D eigenvalue weighted by Crippen LogP contribution is 2.43. The van der Waals surface area contributed by atoms with Gasteiger partial charge in [-0.2, -0.15) is 0 Å². The lowest BCUT2D eigenvalue weighted by Crippen LogP contribution is -2.46. The van der Waals surface area contributed by atoms with Crippen LogP contribution in [0.5, 0.6) is 0 Å². The van der Waals surface area contributed by atoms with E-state index >= 15 is 0 Å². The van der Waals surface area contributed by atoms with Gasteiger partial charge in [0.15, 0.2) is 0 Å². The van der Waals surface area contributed by atoms with Gasteiger partial charge in [-0.25, -0.2) is 4.57 Å². The first-order chi connectivity index (χ1) is 23.4. The Bertz CT molecular complexity index is 976. The summed E-state index contributed by atoms with van der Waals surface area (Å²) < 4.78 is 22.0. The van der Waals surface area contributed by atoms with Crippen molar-refractivity contribution in [3.8, 4) is 0 Å². The number of nitrogens with two attached hydrogens (primary N) is 1. The summed E-state index contributed by atoms with van der Waals surface area (Å²) in [6.45, 7) is 3.98. The standard InChI is InChI=1S/C39H69N2O6P/c1-3-5-7-9-11-13-14-15-16-17-18-19-20-21-22-23-24-25-27-29-31-33-39(43)41-37(36-47-48(44,45)46-35-34-40)38(42)32-30-28-26-12-10-8-6-4-2/h5,7,11,13,15-16,18-19,21-22,24-25,37-38,42H,3-4,6,8-10,12,14,17,20,23,26-36,40H2,1-2H3,(H,41,43)(H,44,45)/b7-5-,13-11-,16-15-,19-18-,22-21-,25-24-. The third-order valence-electron chi connectivity index (χ3n) is 7.57. The van der Waals surface area contributed by atoms with Gasteiger partial charge >= 0.3 is 7.82 Å². The van der Waals surface area contributed by atoms with Crippen LogP contribution in [-0.2, 0) is 18.4 Å². The fourth-order valence-corrected chi connectivity index (χ4v) is 5.54. The molecule has 0 aliphatic carbocycles. The zero-order chi connectivity index (χ0) is 35.4. The minimum absolute atomic E-state index is 0.0771. The van der Waals surface area contributed by atoms with Gasteiger partial charge in [0.05, 0.1) is 25.4 Å². The van der Waals surface area contributed by atoms with E-state index in [9.17, 15) is 19.4 Å². The van der Waals surface area contributed by atoms with Crippen LogP contribution in [0, 0.1) is 0 Å². The maximum Gasteiger partial charge on any atom is 0.472 e. The number of nitrogens with one attached hydrogen (secondary N) is 1. The van der Waals surface area contributed by atoms with Crippen LogP contribution in [0.15, 0.2) is 72.9 Å². The fraction of sp³-hybridized carbons (Fsp3) is 0.667. The molecule has 0 rings (SSSR count).